The second-order valence-electron chi connectivity index (χ2n) is 9.47. The molecule has 41 heavy (non-hydrogen) atoms. The van der Waals surface area contributed by atoms with Gasteiger partial charge in [0.1, 0.15) is 0 Å². The highest BCUT2D eigenvalue weighted by atomic mass is 31.2. The smallest absolute Gasteiger partial charge is 0.330 e. The molecule has 0 aliphatic carbocycles. The van der Waals surface area contributed by atoms with E-state index in [4.69, 9.17) is 27.1 Å². The summed E-state index contributed by atoms with van der Waals surface area (Å²) in [5, 5.41) is 9.92. The van der Waals surface area contributed by atoms with Gasteiger partial charge in [-0.1, -0.05) is 36.4 Å². The van der Waals surface area contributed by atoms with Crippen LogP contribution in [-0.2, 0) is 73.1 Å². The fourth-order valence-electron chi connectivity index (χ4n) is 4.51. The van der Waals surface area contributed by atoms with E-state index in [1.165, 1.54) is 28.4 Å². The van der Waals surface area contributed by atoms with E-state index in [0.29, 0.717) is 38.9 Å². The van der Waals surface area contributed by atoms with Gasteiger partial charge in [0.15, 0.2) is 0 Å². The Balaban J connectivity index is 2.37. The number of aryl methyl sites for hydroxylation is 3. The summed E-state index contributed by atoms with van der Waals surface area (Å²) >= 11 is 0. The fraction of sp³-hybridized carbons (Fsp3) is 0.571. The topological polar surface area (TPSA) is 127 Å². The minimum Gasteiger partial charge on any atom is -0.392 e. The van der Waals surface area contributed by atoms with Crippen LogP contribution < -0.4 is 0 Å². The molecule has 0 fully saturated rings. The van der Waals surface area contributed by atoms with Gasteiger partial charge in [-0.05, 0) is 72.9 Å². The number of benzene rings is 2. The van der Waals surface area contributed by atoms with Crippen molar-refractivity contribution in [3.05, 3.63) is 69.8 Å². The maximum atomic E-state index is 13.0. The lowest BCUT2D eigenvalue weighted by molar-refractivity contribution is 0.220. The Hall–Kier alpha value is -1.15. The quantitative estimate of drug-likeness (QED) is 0.159. The largest absolute Gasteiger partial charge is 0.392 e. The summed E-state index contributed by atoms with van der Waals surface area (Å²) < 4.78 is 69.6. The zero-order valence-electron chi connectivity index (χ0n) is 25.0. The highest BCUT2D eigenvalue weighted by Crippen LogP contribution is 2.49. The molecule has 0 aliphatic heterocycles. The maximum absolute atomic E-state index is 13.0. The lowest BCUT2D eigenvalue weighted by Gasteiger charge is -2.18. The highest BCUT2D eigenvalue weighted by molar-refractivity contribution is 7.54. The molecule has 0 aromatic heterocycles. The van der Waals surface area contributed by atoms with Crippen LogP contribution in [0.2, 0.25) is 0 Å². The number of aliphatic hydroxyl groups excluding tert-OH is 1. The summed E-state index contributed by atoms with van der Waals surface area (Å²) in [6.07, 6.45) is 2.59. The van der Waals surface area contributed by atoms with Crippen molar-refractivity contribution in [1.29, 1.82) is 0 Å². The molecule has 1 N–H and O–H groups in total. The molecular weight excluding hydrogens is 589 g/mol. The van der Waals surface area contributed by atoms with E-state index in [-0.39, 0.29) is 25.1 Å². The zero-order valence-corrected chi connectivity index (χ0v) is 27.7. The van der Waals surface area contributed by atoms with Crippen LogP contribution in [0.3, 0.4) is 0 Å². The summed E-state index contributed by atoms with van der Waals surface area (Å²) in [7, 11) is -4.14. The molecule has 0 heterocycles. The molecule has 0 bridgehead atoms. The zero-order chi connectivity index (χ0) is 30.5. The average molecular weight is 635 g/mol. The first-order chi connectivity index (χ1) is 19.5. The van der Waals surface area contributed by atoms with Crippen molar-refractivity contribution in [2.45, 2.75) is 46.1 Å². The third kappa shape index (κ3) is 11.8. The first-order valence-corrected chi connectivity index (χ1v) is 18.8. The number of aliphatic hydroxyl groups is 1. The Kier molecular flexibility index (Phi) is 15.1. The van der Waals surface area contributed by atoms with E-state index in [9.17, 15) is 18.8 Å². The monoisotopic (exact) mass is 634 g/mol. The summed E-state index contributed by atoms with van der Waals surface area (Å²) in [6, 6.07) is 11.9. The van der Waals surface area contributed by atoms with Gasteiger partial charge in [-0.25, -0.2) is 0 Å². The highest BCUT2D eigenvalue weighted by Gasteiger charge is 2.24. The van der Waals surface area contributed by atoms with Crippen molar-refractivity contribution < 1.29 is 45.9 Å². The molecule has 10 nitrogen and oxygen atoms in total. The summed E-state index contributed by atoms with van der Waals surface area (Å²) in [6.45, 7) is 4.03. The lowest BCUT2D eigenvalue weighted by atomic mass is 9.95. The predicted molar refractivity (Wildman–Crippen MR) is 161 cm³/mol. The van der Waals surface area contributed by atoms with E-state index in [0.717, 1.165) is 33.4 Å². The Morgan fingerprint density at radius 3 is 1.20 bits per heavy atom. The van der Waals surface area contributed by atoms with Crippen LogP contribution in [0.1, 0.15) is 47.2 Å². The third-order valence-corrected chi connectivity index (χ3v) is 12.4. The predicted octanol–water partition coefficient (Wildman–Crippen LogP) is 6.64. The molecule has 2 aromatic rings. The Morgan fingerprint density at radius 1 is 0.537 bits per heavy atom. The molecular formula is C28H45O10P3. The minimum absolute atomic E-state index is 0.132. The van der Waals surface area contributed by atoms with E-state index in [1.807, 2.05) is 36.4 Å². The van der Waals surface area contributed by atoms with E-state index in [1.54, 1.807) is 13.8 Å². The van der Waals surface area contributed by atoms with Crippen LogP contribution in [0.25, 0.3) is 0 Å². The molecule has 13 heteroatoms. The second-order valence-corrected chi connectivity index (χ2v) is 16.5. The van der Waals surface area contributed by atoms with Crippen LogP contribution in [0, 0.1) is 0 Å². The average Bonchev–Trinajstić information content (AvgIpc) is 2.97. The third-order valence-electron chi connectivity index (χ3n) is 6.60. The Bertz CT molecular complexity index is 1180. The molecule has 0 spiro atoms. The number of hydrogen-bond donors (Lipinski definition) is 1. The van der Waals surface area contributed by atoms with Crippen molar-refractivity contribution in [2.24, 2.45) is 0 Å². The molecule has 0 aliphatic rings. The van der Waals surface area contributed by atoms with Gasteiger partial charge in [0.2, 0.25) is 0 Å². The second kappa shape index (κ2) is 17.2. The first-order valence-electron chi connectivity index (χ1n) is 13.6. The molecule has 0 saturated carbocycles. The normalized spacial score (nSPS) is 12.7. The van der Waals surface area contributed by atoms with Gasteiger partial charge in [-0.15, -0.1) is 0 Å². The van der Waals surface area contributed by atoms with E-state index in [2.05, 4.69) is 0 Å². The van der Waals surface area contributed by atoms with Crippen LogP contribution in [0.15, 0.2) is 36.4 Å². The Labute approximate surface area is 244 Å². The van der Waals surface area contributed by atoms with Crippen molar-refractivity contribution >= 4 is 22.8 Å². The van der Waals surface area contributed by atoms with Crippen LogP contribution in [0.5, 0.6) is 0 Å². The summed E-state index contributed by atoms with van der Waals surface area (Å²) in [5.74, 6) is 0. The van der Waals surface area contributed by atoms with Gasteiger partial charge < -0.3 is 32.2 Å². The molecule has 2 aromatic carbocycles. The van der Waals surface area contributed by atoms with Crippen LogP contribution in [-0.4, -0.2) is 65.2 Å². The Morgan fingerprint density at radius 2 is 0.854 bits per heavy atom. The minimum atomic E-state index is -3.21. The SMILES string of the molecule is CCOP(=O)(CCc1cc(CO)cc(Cc2cc(CCP(=O)(OC)OC)cc(CCP(=O)(OC)OC)c2)c1)OCC. The molecule has 0 atom stereocenters. The van der Waals surface area contributed by atoms with Crippen molar-refractivity contribution in [1.82, 2.24) is 0 Å². The van der Waals surface area contributed by atoms with Crippen molar-refractivity contribution in [2.75, 3.05) is 60.1 Å². The molecule has 0 saturated heterocycles. The summed E-state index contributed by atoms with van der Waals surface area (Å²) in [5.41, 5.74) is 5.50. The van der Waals surface area contributed by atoms with Gasteiger partial charge in [-0.2, -0.15) is 0 Å². The van der Waals surface area contributed by atoms with Gasteiger partial charge in [0.05, 0.1) is 38.3 Å². The standard InChI is InChI=1S/C28H45O10P3/c1-7-37-41(32,38-8-2)14-11-25-18-27(21-28(19-25)22-29)20-26-16-23(9-12-39(30,33-3)34-4)15-24(17-26)10-13-40(31,35-5)36-6/h15-19,21,29H,7-14,20,22H2,1-6H3. The molecule has 232 valence electrons. The summed E-state index contributed by atoms with van der Waals surface area (Å²) in [4.78, 5) is 0. The van der Waals surface area contributed by atoms with E-state index >= 15 is 0 Å². The molecule has 0 radical (unpaired) electrons. The van der Waals surface area contributed by atoms with Gasteiger partial charge in [0, 0.05) is 28.4 Å². The molecule has 0 unspecified atom stereocenters. The van der Waals surface area contributed by atoms with Crippen LogP contribution >= 0.6 is 22.8 Å². The fourth-order valence-corrected chi connectivity index (χ4v) is 8.26. The number of hydrogen-bond acceptors (Lipinski definition) is 10. The van der Waals surface area contributed by atoms with Gasteiger partial charge >= 0.3 is 22.8 Å². The molecule has 0 amide bonds. The first kappa shape index (κ1) is 36.0. The molecule has 2 rings (SSSR count). The lowest BCUT2D eigenvalue weighted by Crippen LogP contribution is -2.05. The van der Waals surface area contributed by atoms with Crippen LogP contribution in [0.4, 0.5) is 0 Å². The van der Waals surface area contributed by atoms with E-state index < -0.39 is 22.8 Å². The number of rotatable bonds is 20. The van der Waals surface area contributed by atoms with Gasteiger partial charge in [-0.3, -0.25) is 13.7 Å². The van der Waals surface area contributed by atoms with Crippen molar-refractivity contribution in [3.63, 3.8) is 0 Å². The van der Waals surface area contributed by atoms with Gasteiger partial charge in [0.25, 0.3) is 0 Å². The maximum Gasteiger partial charge on any atom is 0.330 e. The van der Waals surface area contributed by atoms with Crippen molar-refractivity contribution in [3.8, 4) is 0 Å².